The summed E-state index contributed by atoms with van der Waals surface area (Å²) in [6.45, 7) is 5.05. The lowest BCUT2D eigenvalue weighted by molar-refractivity contribution is -0.142. The summed E-state index contributed by atoms with van der Waals surface area (Å²) in [5, 5.41) is 8.23. The summed E-state index contributed by atoms with van der Waals surface area (Å²) in [6, 6.07) is 1.06. The number of carbonyl (C=O) groups excluding carboxylic acids is 1. The molecule has 0 radical (unpaired) electrons. The number of fused-ring (bicyclic) bond motifs is 1. The molecule has 0 atom stereocenters. The van der Waals surface area contributed by atoms with E-state index in [4.69, 9.17) is 0 Å². The Morgan fingerprint density at radius 1 is 1.19 bits per heavy atom. The average molecular weight is 447 g/mol. The molecule has 0 N–H and O–H groups in total. The van der Waals surface area contributed by atoms with Crippen LogP contribution in [0.15, 0.2) is 18.5 Å². The van der Waals surface area contributed by atoms with Crippen LogP contribution in [0, 0.1) is 6.92 Å². The van der Waals surface area contributed by atoms with Gasteiger partial charge in [-0.1, -0.05) is 0 Å². The summed E-state index contributed by atoms with van der Waals surface area (Å²) in [6.07, 6.45) is 0.259. The van der Waals surface area contributed by atoms with Gasteiger partial charge in [0, 0.05) is 63.1 Å². The first kappa shape index (κ1) is 20.9. The van der Waals surface area contributed by atoms with Crippen LogP contribution in [0.1, 0.15) is 51.8 Å². The molecule has 2 aliphatic rings. The van der Waals surface area contributed by atoms with Crippen LogP contribution in [0.5, 0.6) is 0 Å². The number of alkyl halides is 3. The average Bonchev–Trinajstić information content (AvgIpc) is 3.43. The normalized spacial score (nSPS) is 18.0. The first-order chi connectivity index (χ1) is 15.2. The number of hydrogen-bond donors (Lipinski definition) is 0. The Balaban J connectivity index is 1.35. The van der Waals surface area contributed by atoms with Gasteiger partial charge in [-0.3, -0.25) is 14.4 Å². The molecule has 0 aromatic carbocycles. The molecule has 3 aromatic rings. The summed E-state index contributed by atoms with van der Waals surface area (Å²) in [4.78, 5) is 21.5. The molecule has 32 heavy (non-hydrogen) atoms. The predicted molar refractivity (Wildman–Crippen MR) is 109 cm³/mol. The number of aromatic nitrogens is 5. The van der Waals surface area contributed by atoms with Crippen molar-refractivity contribution in [3.05, 3.63) is 46.7 Å². The molecule has 0 bridgehead atoms. The van der Waals surface area contributed by atoms with Crippen molar-refractivity contribution < 1.29 is 18.0 Å². The third-order valence-electron chi connectivity index (χ3n) is 6.18. The summed E-state index contributed by atoms with van der Waals surface area (Å²) < 4.78 is 43.3. The van der Waals surface area contributed by atoms with Gasteiger partial charge in [0.15, 0.2) is 5.65 Å². The molecule has 3 aromatic heterocycles. The number of amides is 1. The second-order valence-electron chi connectivity index (χ2n) is 8.61. The zero-order valence-corrected chi connectivity index (χ0v) is 17.9. The van der Waals surface area contributed by atoms with Gasteiger partial charge < -0.3 is 4.90 Å². The van der Waals surface area contributed by atoms with E-state index in [1.54, 1.807) is 9.58 Å². The maximum absolute atomic E-state index is 13.6. The summed E-state index contributed by atoms with van der Waals surface area (Å²) >= 11 is 0. The highest BCUT2D eigenvalue weighted by Gasteiger charge is 2.38. The van der Waals surface area contributed by atoms with Crippen molar-refractivity contribution in [3.8, 4) is 0 Å². The van der Waals surface area contributed by atoms with Crippen molar-refractivity contribution in [1.29, 1.82) is 0 Å². The summed E-state index contributed by atoms with van der Waals surface area (Å²) in [7, 11) is 1.89. The van der Waals surface area contributed by atoms with Gasteiger partial charge in [-0.2, -0.15) is 23.4 Å². The largest absolute Gasteiger partial charge is 0.433 e. The van der Waals surface area contributed by atoms with E-state index in [0.717, 1.165) is 41.2 Å². The van der Waals surface area contributed by atoms with E-state index in [1.165, 1.54) is 6.20 Å². The number of aryl methyl sites for hydroxylation is 2. The number of rotatable bonds is 4. The van der Waals surface area contributed by atoms with Crippen LogP contribution >= 0.6 is 0 Å². The van der Waals surface area contributed by atoms with E-state index < -0.39 is 11.9 Å². The fraction of sp³-hybridized carbons (Fsp3) is 0.524. The van der Waals surface area contributed by atoms with Crippen molar-refractivity contribution in [3.63, 3.8) is 0 Å². The standard InChI is InChI=1S/C21H24F3N7O/c1-13-15(11-28(2)27-13)12-29-5-7-30(8-6-29)20(32)16-10-25-31-18(21(22,23)24)9-17(14-3-4-14)26-19(16)31/h9-11,14H,3-8,12H2,1-2H3. The molecule has 8 nitrogen and oxygen atoms in total. The molecular formula is C21H24F3N7O. The van der Waals surface area contributed by atoms with Gasteiger partial charge in [-0.25, -0.2) is 9.50 Å². The number of nitrogens with zero attached hydrogens (tertiary/aromatic N) is 7. The molecule has 1 saturated heterocycles. The van der Waals surface area contributed by atoms with E-state index in [2.05, 4.69) is 20.1 Å². The molecular weight excluding hydrogens is 423 g/mol. The van der Waals surface area contributed by atoms with Crippen LogP contribution < -0.4 is 0 Å². The van der Waals surface area contributed by atoms with Crippen LogP contribution in [0.2, 0.25) is 0 Å². The van der Waals surface area contributed by atoms with Crippen molar-refractivity contribution >= 4 is 11.6 Å². The lowest BCUT2D eigenvalue weighted by Gasteiger charge is -2.34. The predicted octanol–water partition coefficient (Wildman–Crippen LogP) is 2.63. The van der Waals surface area contributed by atoms with Crippen molar-refractivity contribution in [2.24, 2.45) is 7.05 Å². The van der Waals surface area contributed by atoms with Crippen LogP contribution in [0.3, 0.4) is 0 Å². The molecule has 11 heteroatoms. The summed E-state index contributed by atoms with van der Waals surface area (Å²) in [5.41, 5.74) is 1.73. The molecule has 2 fully saturated rings. The zero-order valence-electron chi connectivity index (χ0n) is 17.9. The van der Waals surface area contributed by atoms with Gasteiger partial charge in [0.1, 0.15) is 11.3 Å². The van der Waals surface area contributed by atoms with Gasteiger partial charge in [0.2, 0.25) is 0 Å². The second-order valence-corrected chi connectivity index (χ2v) is 8.61. The molecule has 170 valence electrons. The van der Waals surface area contributed by atoms with Gasteiger partial charge in [-0.05, 0) is 25.8 Å². The van der Waals surface area contributed by atoms with Gasteiger partial charge in [0.25, 0.3) is 5.91 Å². The van der Waals surface area contributed by atoms with Crippen LogP contribution in [0.25, 0.3) is 5.65 Å². The minimum atomic E-state index is -4.58. The third-order valence-corrected chi connectivity index (χ3v) is 6.18. The molecule has 0 unspecified atom stereocenters. The fourth-order valence-corrected chi connectivity index (χ4v) is 4.25. The second kappa shape index (κ2) is 7.58. The Hall–Kier alpha value is -2.95. The summed E-state index contributed by atoms with van der Waals surface area (Å²) in [5.74, 6) is -0.302. The van der Waals surface area contributed by atoms with Crippen LogP contribution in [0.4, 0.5) is 13.2 Å². The highest BCUT2D eigenvalue weighted by atomic mass is 19.4. The van der Waals surface area contributed by atoms with Crippen molar-refractivity contribution in [1.82, 2.24) is 34.2 Å². The SMILES string of the molecule is Cc1nn(C)cc1CN1CCN(C(=O)c2cnn3c(C(F)(F)F)cc(C4CC4)nc23)CC1. The molecule has 4 heterocycles. The maximum Gasteiger partial charge on any atom is 0.433 e. The Labute approximate surface area is 182 Å². The third kappa shape index (κ3) is 3.85. The molecule has 5 rings (SSSR count). The lowest BCUT2D eigenvalue weighted by atomic mass is 10.2. The number of halogens is 3. The fourth-order valence-electron chi connectivity index (χ4n) is 4.25. The van der Waals surface area contributed by atoms with Crippen LogP contribution in [-0.4, -0.2) is 66.3 Å². The number of hydrogen-bond acceptors (Lipinski definition) is 5. The molecule has 1 saturated carbocycles. The van der Waals surface area contributed by atoms with Crippen molar-refractivity contribution in [2.45, 2.75) is 38.4 Å². The van der Waals surface area contributed by atoms with Gasteiger partial charge in [0.05, 0.1) is 11.9 Å². The minimum Gasteiger partial charge on any atom is -0.336 e. The molecule has 1 aliphatic carbocycles. The van der Waals surface area contributed by atoms with E-state index in [1.807, 2.05) is 20.2 Å². The first-order valence-electron chi connectivity index (χ1n) is 10.7. The van der Waals surface area contributed by atoms with Gasteiger partial charge in [-0.15, -0.1) is 0 Å². The van der Waals surface area contributed by atoms with E-state index in [-0.39, 0.29) is 23.0 Å². The number of piperazine rings is 1. The molecule has 1 aliphatic heterocycles. The Morgan fingerprint density at radius 3 is 2.50 bits per heavy atom. The monoisotopic (exact) mass is 447 g/mol. The maximum atomic E-state index is 13.6. The quantitative estimate of drug-likeness (QED) is 0.615. The van der Waals surface area contributed by atoms with Crippen LogP contribution in [-0.2, 0) is 19.8 Å². The van der Waals surface area contributed by atoms with E-state index >= 15 is 0 Å². The minimum absolute atomic E-state index is 0.0138. The Bertz CT molecular complexity index is 1170. The molecule has 1 amide bonds. The first-order valence-corrected chi connectivity index (χ1v) is 10.7. The topological polar surface area (TPSA) is 71.6 Å². The number of carbonyl (C=O) groups is 1. The Kier molecular flexibility index (Phi) is 4.95. The van der Waals surface area contributed by atoms with E-state index in [9.17, 15) is 18.0 Å². The van der Waals surface area contributed by atoms with Gasteiger partial charge >= 0.3 is 6.18 Å². The highest BCUT2D eigenvalue weighted by Crippen LogP contribution is 2.41. The van der Waals surface area contributed by atoms with E-state index in [0.29, 0.717) is 31.9 Å². The zero-order chi connectivity index (χ0) is 22.6. The molecule has 0 spiro atoms. The smallest absolute Gasteiger partial charge is 0.336 e. The van der Waals surface area contributed by atoms with Crippen molar-refractivity contribution in [2.75, 3.05) is 26.2 Å². The Morgan fingerprint density at radius 2 is 1.91 bits per heavy atom. The lowest BCUT2D eigenvalue weighted by Crippen LogP contribution is -2.48. The highest BCUT2D eigenvalue weighted by molar-refractivity contribution is 5.99.